The number of aromatic nitrogens is 4. The second-order valence-corrected chi connectivity index (χ2v) is 15.7. The van der Waals surface area contributed by atoms with Crippen molar-refractivity contribution in [3.05, 3.63) is 40.8 Å². The summed E-state index contributed by atoms with van der Waals surface area (Å²) in [5.41, 5.74) is 1.30. The van der Waals surface area contributed by atoms with Gasteiger partial charge in [0.05, 0.1) is 16.7 Å². The molecule has 14 nitrogen and oxygen atoms in total. The number of benzene rings is 1. The summed E-state index contributed by atoms with van der Waals surface area (Å²) in [6.07, 6.45) is 5.29. The SMILES string of the molecule is CS(=O)(=O)C1CC(S(C)(=O)=O)CN(c2nc(Nc3ccc(N4CCC(CC(=O)O)CC4)cc3)c3c(=O)[nH]ncc3n2)C1. The number of aromatic amines is 1. The van der Waals surface area contributed by atoms with Crippen molar-refractivity contribution in [2.45, 2.75) is 36.2 Å². The molecule has 0 amide bonds. The zero-order valence-corrected chi connectivity index (χ0v) is 24.9. The molecule has 2 aromatic heterocycles. The van der Waals surface area contributed by atoms with Gasteiger partial charge in [-0.15, -0.1) is 0 Å². The molecule has 2 atom stereocenters. The summed E-state index contributed by atoms with van der Waals surface area (Å²) >= 11 is 0. The van der Waals surface area contributed by atoms with E-state index < -0.39 is 41.7 Å². The molecule has 0 bridgehead atoms. The van der Waals surface area contributed by atoms with Crippen molar-refractivity contribution in [2.24, 2.45) is 5.92 Å². The van der Waals surface area contributed by atoms with Crippen LogP contribution in [0.2, 0.25) is 0 Å². The molecule has 2 aliphatic heterocycles. The van der Waals surface area contributed by atoms with Crippen LogP contribution in [0.1, 0.15) is 25.7 Å². The minimum atomic E-state index is -3.56. The van der Waals surface area contributed by atoms with E-state index in [1.807, 2.05) is 24.3 Å². The van der Waals surface area contributed by atoms with Crippen molar-refractivity contribution in [1.82, 2.24) is 20.2 Å². The van der Waals surface area contributed by atoms with E-state index in [0.717, 1.165) is 44.1 Å². The first-order valence-corrected chi connectivity index (χ1v) is 17.4. The molecule has 16 heteroatoms. The summed E-state index contributed by atoms with van der Waals surface area (Å²) < 4.78 is 49.8. The predicted molar refractivity (Wildman–Crippen MR) is 159 cm³/mol. The number of carboxylic acid groups (broad SMARTS) is 1. The fraction of sp³-hybridized carbons (Fsp3) is 0.500. The predicted octanol–water partition coefficient (Wildman–Crippen LogP) is 1.18. The molecule has 0 radical (unpaired) electrons. The summed E-state index contributed by atoms with van der Waals surface area (Å²) in [5.74, 6) is -0.351. The zero-order valence-electron chi connectivity index (χ0n) is 23.2. The van der Waals surface area contributed by atoms with Crippen LogP contribution in [0.25, 0.3) is 10.9 Å². The normalized spacial score (nSPS) is 20.5. The first-order valence-electron chi connectivity index (χ1n) is 13.5. The Morgan fingerprint density at radius 2 is 1.62 bits per heavy atom. The Morgan fingerprint density at radius 1 is 1.00 bits per heavy atom. The van der Waals surface area contributed by atoms with Crippen LogP contribution >= 0.6 is 0 Å². The molecular formula is C26H33N7O7S2. The molecule has 226 valence electrons. The Morgan fingerprint density at radius 3 is 2.19 bits per heavy atom. The van der Waals surface area contributed by atoms with E-state index in [1.54, 1.807) is 0 Å². The number of hydrogen-bond donors (Lipinski definition) is 3. The van der Waals surface area contributed by atoms with Gasteiger partial charge in [-0.05, 0) is 49.4 Å². The van der Waals surface area contributed by atoms with Gasteiger partial charge >= 0.3 is 5.97 Å². The van der Waals surface area contributed by atoms with Crippen molar-refractivity contribution >= 4 is 59.7 Å². The van der Waals surface area contributed by atoms with Gasteiger partial charge in [-0.1, -0.05) is 0 Å². The number of aliphatic carboxylic acids is 1. The van der Waals surface area contributed by atoms with Crippen molar-refractivity contribution in [2.75, 3.05) is 53.8 Å². The third kappa shape index (κ3) is 6.64. The third-order valence-electron chi connectivity index (χ3n) is 7.95. The van der Waals surface area contributed by atoms with Crippen molar-refractivity contribution in [3.63, 3.8) is 0 Å². The average molecular weight is 620 g/mol. The number of carbonyl (C=O) groups is 1. The lowest BCUT2D eigenvalue weighted by Crippen LogP contribution is -2.51. The molecule has 0 spiro atoms. The monoisotopic (exact) mass is 619 g/mol. The Bertz CT molecular complexity index is 1710. The van der Waals surface area contributed by atoms with Crippen LogP contribution in [0.15, 0.2) is 35.3 Å². The molecule has 5 rings (SSSR count). The van der Waals surface area contributed by atoms with Gasteiger partial charge in [0.15, 0.2) is 19.7 Å². The molecule has 3 N–H and O–H groups in total. The molecule has 2 fully saturated rings. The highest BCUT2D eigenvalue weighted by Gasteiger charge is 2.38. The number of piperidine rings is 2. The zero-order chi connectivity index (χ0) is 30.2. The Kier molecular flexibility index (Phi) is 8.11. The second kappa shape index (κ2) is 11.5. The maximum atomic E-state index is 12.7. The summed E-state index contributed by atoms with van der Waals surface area (Å²) in [5, 5.41) is 16.7. The number of hydrogen-bond acceptors (Lipinski definition) is 12. The van der Waals surface area contributed by atoms with Crippen LogP contribution in [0.3, 0.4) is 0 Å². The molecule has 0 aliphatic carbocycles. The second-order valence-electron chi connectivity index (χ2n) is 11.1. The average Bonchev–Trinajstić information content (AvgIpc) is 2.92. The van der Waals surface area contributed by atoms with E-state index in [0.29, 0.717) is 5.69 Å². The summed E-state index contributed by atoms with van der Waals surface area (Å²) in [7, 11) is -7.13. The van der Waals surface area contributed by atoms with Gasteiger partial charge in [-0.2, -0.15) is 10.1 Å². The van der Waals surface area contributed by atoms with E-state index in [9.17, 15) is 26.4 Å². The van der Waals surface area contributed by atoms with Crippen LogP contribution in [0, 0.1) is 5.92 Å². The maximum Gasteiger partial charge on any atom is 0.303 e. The Hall–Kier alpha value is -3.79. The number of rotatable bonds is 8. The van der Waals surface area contributed by atoms with E-state index in [1.165, 1.54) is 11.1 Å². The van der Waals surface area contributed by atoms with Gasteiger partial charge in [0.25, 0.3) is 5.56 Å². The molecule has 42 heavy (non-hydrogen) atoms. The fourth-order valence-corrected chi connectivity index (χ4v) is 7.74. The van der Waals surface area contributed by atoms with Crippen LogP contribution in [0.5, 0.6) is 0 Å². The van der Waals surface area contributed by atoms with Crippen LogP contribution in [0.4, 0.5) is 23.1 Å². The number of anilines is 4. The molecule has 3 aromatic rings. The van der Waals surface area contributed by atoms with E-state index >= 15 is 0 Å². The van der Waals surface area contributed by atoms with E-state index in [4.69, 9.17) is 5.11 Å². The first kappa shape index (κ1) is 29.7. The standard InChI is InChI=1S/C26H33N7O7S2/c1-41(37,38)19-12-20(42(2,39)40)15-33(14-19)26-29-21-13-27-31-25(36)23(21)24(30-26)28-17-3-5-18(6-4-17)32-9-7-16(8-10-32)11-22(34)35/h3-6,13,16,19-20H,7-12,14-15H2,1-2H3,(H,31,36)(H,34,35)(H,28,29,30). The number of carboxylic acids is 1. The minimum absolute atomic E-state index is 0.00424. The van der Waals surface area contributed by atoms with Crippen molar-refractivity contribution < 1.29 is 26.7 Å². The van der Waals surface area contributed by atoms with E-state index in [-0.39, 0.29) is 54.5 Å². The largest absolute Gasteiger partial charge is 0.481 e. The molecule has 2 saturated heterocycles. The van der Waals surface area contributed by atoms with Gasteiger partial charge < -0.3 is 20.2 Å². The van der Waals surface area contributed by atoms with Crippen LogP contribution in [-0.4, -0.2) is 97.3 Å². The molecule has 2 unspecified atom stereocenters. The quantitative estimate of drug-likeness (QED) is 0.325. The van der Waals surface area contributed by atoms with Gasteiger partial charge in [0, 0.05) is 56.5 Å². The highest BCUT2D eigenvalue weighted by molar-refractivity contribution is 7.92. The van der Waals surface area contributed by atoms with Crippen LogP contribution < -0.4 is 20.7 Å². The molecule has 4 heterocycles. The first-order chi connectivity index (χ1) is 19.8. The Labute approximate surface area is 243 Å². The van der Waals surface area contributed by atoms with E-state index in [2.05, 4.69) is 30.4 Å². The number of H-pyrrole nitrogens is 1. The minimum Gasteiger partial charge on any atom is -0.481 e. The lowest BCUT2D eigenvalue weighted by molar-refractivity contribution is -0.138. The molecular weight excluding hydrogens is 586 g/mol. The van der Waals surface area contributed by atoms with Gasteiger partial charge in [-0.3, -0.25) is 9.59 Å². The highest BCUT2D eigenvalue weighted by atomic mass is 32.2. The fourth-order valence-electron chi connectivity index (χ4n) is 5.55. The number of fused-ring (bicyclic) bond motifs is 1. The number of sulfone groups is 2. The lowest BCUT2D eigenvalue weighted by Gasteiger charge is -2.36. The van der Waals surface area contributed by atoms with Gasteiger partial charge in [-0.25, -0.2) is 26.9 Å². The third-order valence-corrected chi connectivity index (χ3v) is 11.1. The summed E-state index contributed by atoms with van der Waals surface area (Å²) in [6.45, 7) is 1.52. The smallest absolute Gasteiger partial charge is 0.303 e. The molecule has 1 aromatic carbocycles. The Balaban J connectivity index is 1.43. The molecule has 2 aliphatic rings. The summed E-state index contributed by atoms with van der Waals surface area (Å²) in [6, 6.07) is 7.52. The van der Waals surface area contributed by atoms with Gasteiger partial charge in [0.2, 0.25) is 5.95 Å². The summed E-state index contributed by atoms with van der Waals surface area (Å²) in [4.78, 5) is 36.5. The van der Waals surface area contributed by atoms with Crippen molar-refractivity contribution in [1.29, 1.82) is 0 Å². The van der Waals surface area contributed by atoms with Crippen molar-refractivity contribution in [3.8, 4) is 0 Å². The topological polar surface area (TPSA) is 196 Å². The number of nitrogens with zero attached hydrogens (tertiary/aromatic N) is 5. The lowest BCUT2D eigenvalue weighted by atomic mass is 9.93. The molecule has 0 saturated carbocycles. The maximum absolute atomic E-state index is 12.7. The van der Waals surface area contributed by atoms with Gasteiger partial charge in [0.1, 0.15) is 16.7 Å². The highest BCUT2D eigenvalue weighted by Crippen LogP contribution is 2.30. The number of nitrogens with one attached hydrogen (secondary N) is 2. The van der Waals surface area contributed by atoms with Crippen LogP contribution in [-0.2, 0) is 24.5 Å².